The Morgan fingerprint density at radius 2 is 1.95 bits per heavy atom. The number of aromatic amines is 1. The predicted molar refractivity (Wildman–Crippen MR) is 81.8 cm³/mol. The van der Waals surface area contributed by atoms with Gasteiger partial charge in [0.2, 0.25) is 0 Å². The SMILES string of the molecule is Cc1nc(C)c(C(=O)NCCc2ccc(Cl)cc2)c(=O)[nH]1. The van der Waals surface area contributed by atoms with E-state index in [4.69, 9.17) is 11.6 Å². The van der Waals surface area contributed by atoms with Gasteiger partial charge in [0.1, 0.15) is 11.4 Å². The maximum absolute atomic E-state index is 12.0. The molecule has 6 heteroatoms. The smallest absolute Gasteiger partial charge is 0.264 e. The number of benzene rings is 1. The Kier molecular flexibility index (Phi) is 4.75. The summed E-state index contributed by atoms with van der Waals surface area (Å²) >= 11 is 5.81. The Bertz CT molecular complexity index is 708. The summed E-state index contributed by atoms with van der Waals surface area (Å²) in [5.41, 5.74) is 1.15. The van der Waals surface area contributed by atoms with E-state index in [1.165, 1.54) is 0 Å². The second-order valence-electron chi connectivity index (χ2n) is 4.74. The van der Waals surface area contributed by atoms with Crippen LogP contribution in [0.3, 0.4) is 0 Å². The van der Waals surface area contributed by atoms with E-state index in [-0.39, 0.29) is 5.56 Å². The molecule has 0 saturated carbocycles. The van der Waals surface area contributed by atoms with Gasteiger partial charge in [-0.1, -0.05) is 23.7 Å². The first-order valence-corrected chi connectivity index (χ1v) is 6.95. The van der Waals surface area contributed by atoms with Gasteiger partial charge in [0.05, 0.1) is 5.69 Å². The van der Waals surface area contributed by atoms with E-state index in [0.717, 1.165) is 5.56 Å². The number of aromatic nitrogens is 2. The molecule has 1 amide bonds. The molecular weight excluding hydrogens is 290 g/mol. The van der Waals surface area contributed by atoms with Crippen molar-refractivity contribution in [2.24, 2.45) is 0 Å². The van der Waals surface area contributed by atoms with Crippen LogP contribution < -0.4 is 10.9 Å². The normalized spacial score (nSPS) is 10.4. The van der Waals surface area contributed by atoms with Gasteiger partial charge in [-0.25, -0.2) is 4.98 Å². The molecule has 1 heterocycles. The van der Waals surface area contributed by atoms with Crippen molar-refractivity contribution in [1.29, 1.82) is 0 Å². The molecule has 0 unspecified atom stereocenters. The largest absolute Gasteiger partial charge is 0.351 e. The van der Waals surface area contributed by atoms with E-state index < -0.39 is 11.5 Å². The molecule has 2 aromatic rings. The number of H-pyrrole nitrogens is 1. The van der Waals surface area contributed by atoms with Crippen molar-refractivity contribution in [3.8, 4) is 0 Å². The molecule has 2 N–H and O–H groups in total. The van der Waals surface area contributed by atoms with Crippen LogP contribution >= 0.6 is 11.6 Å². The number of amides is 1. The first-order chi connectivity index (χ1) is 9.97. The van der Waals surface area contributed by atoms with Gasteiger partial charge in [0.25, 0.3) is 11.5 Å². The lowest BCUT2D eigenvalue weighted by atomic mass is 10.1. The highest BCUT2D eigenvalue weighted by molar-refractivity contribution is 6.30. The van der Waals surface area contributed by atoms with Gasteiger partial charge in [-0.05, 0) is 38.0 Å². The molecule has 0 aliphatic heterocycles. The number of carbonyl (C=O) groups is 1. The van der Waals surface area contributed by atoms with Crippen molar-refractivity contribution in [3.05, 3.63) is 62.3 Å². The minimum absolute atomic E-state index is 0.0664. The summed E-state index contributed by atoms with van der Waals surface area (Å²) in [6.45, 7) is 3.76. The van der Waals surface area contributed by atoms with Crippen LogP contribution in [0.2, 0.25) is 5.02 Å². The summed E-state index contributed by atoms with van der Waals surface area (Å²) in [6.07, 6.45) is 0.666. The number of hydrogen-bond acceptors (Lipinski definition) is 3. The van der Waals surface area contributed by atoms with Crippen molar-refractivity contribution >= 4 is 17.5 Å². The molecule has 1 aromatic heterocycles. The van der Waals surface area contributed by atoms with Crippen LogP contribution in [0.15, 0.2) is 29.1 Å². The van der Waals surface area contributed by atoms with Gasteiger partial charge in [0, 0.05) is 11.6 Å². The maximum Gasteiger partial charge on any atom is 0.264 e. The number of rotatable bonds is 4. The zero-order chi connectivity index (χ0) is 15.4. The van der Waals surface area contributed by atoms with E-state index in [0.29, 0.717) is 29.5 Å². The minimum atomic E-state index is -0.413. The zero-order valence-electron chi connectivity index (χ0n) is 11.9. The molecule has 0 atom stereocenters. The second-order valence-corrected chi connectivity index (χ2v) is 5.18. The third kappa shape index (κ3) is 3.92. The van der Waals surface area contributed by atoms with Crippen molar-refractivity contribution in [2.75, 3.05) is 6.54 Å². The summed E-state index contributed by atoms with van der Waals surface area (Å²) < 4.78 is 0. The highest BCUT2D eigenvalue weighted by Gasteiger charge is 2.14. The standard InChI is InChI=1S/C15H16ClN3O2/c1-9-13(15(21)19-10(2)18-9)14(20)17-8-7-11-3-5-12(16)6-4-11/h3-6H,7-8H2,1-2H3,(H,17,20)(H,18,19,21). The second kappa shape index (κ2) is 6.54. The zero-order valence-corrected chi connectivity index (χ0v) is 12.6. The van der Waals surface area contributed by atoms with Crippen molar-refractivity contribution in [1.82, 2.24) is 15.3 Å². The molecule has 0 aliphatic rings. The third-order valence-electron chi connectivity index (χ3n) is 3.06. The summed E-state index contributed by atoms with van der Waals surface area (Å²) in [6, 6.07) is 7.41. The summed E-state index contributed by atoms with van der Waals surface area (Å²) in [5, 5.41) is 3.41. The molecule has 110 valence electrons. The number of halogens is 1. The van der Waals surface area contributed by atoms with Crippen LogP contribution in [0.4, 0.5) is 0 Å². The lowest BCUT2D eigenvalue weighted by Gasteiger charge is -2.07. The van der Waals surface area contributed by atoms with E-state index >= 15 is 0 Å². The van der Waals surface area contributed by atoms with Crippen molar-refractivity contribution < 1.29 is 4.79 Å². The van der Waals surface area contributed by atoms with Gasteiger partial charge in [-0.15, -0.1) is 0 Å². The van der Waals surface area contributed by atoms with Crippen LogP contribution in [0, 0.1) is 13.8 Å². The molecule has 21 heavy (non-hydrogen) atoms. The highest BCUT2D eigenvalue weighted by atomic mass is 35.5. The summed E-state index contributed by atoms with van der Waals surface area (Å²) in [5.74, 6) is 0.0884. The number of nitrogens with zero attached hydrogens (tertiary/aromatic N) is 1. The monoisotopic (exact) mass is 305 g/mol. The Balaban J connectivity index is 1.99. The number of nitrogens with one attached hydrogen (secondary N) is 2. The summed E-state index contributed by atoms with van der Waals surface area (Å²) in [4.78, 5) is 30.5. The number of carbonyl (C=O) groups excluding carboxylic acids is 1. The molecule has 1 aromatic carbocycles. The average Bonchev–Trinajstić information content (AvgIpc) is 2.40. The maximum atomic E-state index is 12.0. The van der Waals surface area contributed by atoms with Crippen LogP contribution in [-0.2, 0) is 6.42 Å². The van der Waals surface area contributed by atoms with Gasteiger partial charge >= 0.3 is 0 Å². The highest BCUT2D eigenvalue weighted by Crippen LogP contribution is 2.09. The molecular formula is C15H16ClN3O2. The molecule has 2 rings (SSSR count). The molecule has 0 bridgehead atoms. The molecule has 0 fully saturated rings. The molecule has 0 spiro atoms. The first kappa shape index (κ1) is 15.3. The Hall–Kier alpha value is -2.14. The van der Waals surface area contributed by atoms with Crippen LogP contribution in [-0.4, -0.2) is 22.4 Å². The Labute approximate surface area is 127 Å². The van der Waals surface area contributed by atoms with Gasteiger partial charge in [0.15, 0.2) is 0 Å². The quantitative estimate of drug-likeness (QED) is 0.907. The molecule has 0 radical (unpaired) electrons. The lowest BCUT2D eigenvalue weighted by Crippen LogP contribution is -2.33. The molecule has 0 saturated heterocycles. The molecule has 5 nitrogen and oxygen atoms in total. The number of aryl methyl sites for hydroxylation is 2. The lowest BCUT2D eigenvalue weighted by molar-refractivity contribution is 0.0951. The first-order valence-electron chi connectivity index (χ1n) is 6.57. The van der Waals surface area contributed by atoms with Crippen LogP contribution in [0.5, 0.6) is 0 Å². The topological polar surface area (TPSA) is 74.8 Å². The summed E-state index contributed by atoms with van der Waals surface area (Å²) in [7, 11) is 0. The Morgan fingerprint density at radius 3 is 2.57 bits per heavy atom. The van der Waals surface area contributed by atoms with Gasteiger partial charge in [-0.2, -0.15) is 0 Å². The van der Waals surface area contributed by atoms with E-state index in [1.54, 1.807) is 26.0 Å². The fourth-order valence-corrected chi connectivity index (χ4v) is 2.18. The van der Waals surface area contributed by atoms with Gasteiger partial charge in [-0.3, -0.25) is 9.59 Å². The minimum Gasteiger partial charge on any atom is -0.351 e. The molecule has 0 aliphatic carbocycles. The Morgan fingerprint density at radius 1 is 1.29 bits per heavy atom. The average molecular weight is 306 g/mol. The fourth-order valence-electron chi connectivity index (χ4n) is 2.05. The fraction of sp³-hybridized carbons (Fsp3) is 0.267. The van der Waals surface area contributed by atoms with Crippen molar-refractivity contribution in [2.45, 2.75) is 20.3 Å². The third-order valence-corrected chi connectivity index (χ3v) is 3.31. The van der Waals surface area contributed by atoms with E-state index in [9.17, 15) is 9.59 Å². The van der Waals surface area contributed by atoms with Crippen molar-refractivity contribution in [3.63, 3.8) is 0 Å². The van der Waals surface area contributed by atoms with Crippen LogP contribution in [0.25, 0.3) is 0 Å². The number of hydrogen-bond donors (Lipinski definition) is 2. The predicted octanol–water partition coefficient (Wildman–Crippen LogP) is 2.01. The van der Waals surface area contributed by atoms with Gasteiger partial charge < -0.3 is 10.3 Å². The van der Waals surface area contributed by atoms with E-state index in [2.05, 4.69) is 15.3 Å². The van der Waals surface area contributed by atoms with Crippen LogP contribution in [0.1, 0.15) is 27.4 Å². The van der Waals surface area contributed by atoms with E-state index in [1.807, 2.05) is 12.1 Å².